The van der Waals surface area contributed by atoms with E-state index >= 15 is 0 Å². The summed E-state index contributed by atoms with van der Waals surface area (Å²) in [7, 11) is 1.09. The van der Waals surface area contributed by atoms with E-state index in [0.29, 0.717) is 11.8 Å². The third kappa shape index (κ3) is 11.1. The van der Waals surface area contributed by atoms with Crippen LogP contribution in [0.1, 0.15) is 39.7 Å². The molecule has 212 valence electrons. The van der Waals surface area contributed by atoms with Crippen LogP contribution in [0.5, 0.6) is 5.75 Å². The lowest BCUT2D eigenvalue weighted by Crippen LogP contribution is -2.58. The first-order chi connectivity index (χ1) is 18.3. The first kappa shape index (κ1) is 32.4. The van der Waals surface area contributed by atoms with E-state index in [4.69, 9.17) is 5.53 Å². The van der Waals surface area contributed by atoms with Crippen molar-refractivity contribution in [2.24, 2.45) is 5.92 Å². The van der Waals surface area contributed by atoms with Crippen molar-refractivity contribution < 1.29 is 43.4 Å². The monoisotopic (exact) mass is 546 g/mol. The maximum atomic E-state index is 13.1. The van der Waals surface area contributed by atoms with E-state index in [1.165, 1.54) is 26.0 Å². The summed E-state index contributed by atoms with van der Waals surface area (Å²) in [5.74, 6) is -4.71. The van der Waals surface area contributed by atoms with Gasteiger partial charge in [-0.25, -0.2) is 0 Å². The number of aromatic hydroxyl groups is 1. The van der Waals surface area contributed by atoms with Gasteiger partial charge in [-0.2, -0.15) is 4.79 Å². The van der Waals surface area contributed by atoms with Gasteiger partial charge >= 0.3 is 12.2 Å². The highest BCUT2D eigenvalue weighted by Crippen LogP contribution is 2.12. The number of phenolic OH excluding ortho intramolecular Hbond substituents is 1. The molecule has 1 aromatic rings. The number of nitrogens with zero attached hydrogens (tertiary/aromatic N) is 2. The Balaban J connectivity index is 2.96. The van der Waals surface area contributed by atoms with Crippen molar-refractivity contribution in [1.29, 1.82) is 0 Å². The maximum absolute atomic E-state index is 13.1. The predicted octanol–water partition coefficient (Wildman–Crippen LogP) is -0.997. The highest BCUT2D eigenvalue weighted by atomic mass is 16.5. The molecular weight excluding hydrogens is 512 g/mol. The summed E-state index contributed by atoms with van der Waals surface area (Å²) in [4.78, 5) is 76.7. The van der Waals surface area contributed by atoms with Crippen LogP contribution in [-0.4, -0.2) is 82.8 Å². The van der Waals surface area contributed by atoms with Crippen LogP contribution in [0, 0.1) is 5.92 Å². The molecule has 0 heterocycles. The van der Waals surface area contributed by atoms with Gasteiger partial charge in [0.15, 0.2) is 0 Å². The van der Waals surface area contributed by atoms with Crippen molar-refractivity contribution >= 4 is 41.6 Å². The second kappa shape index (κ2) is 15.6. The number of hydrogen-bond donors (Lipinski definition) is 5. The number of amides is 4. The van der Waals surface area contributed by atoms with Crippen molar-refractivity contribution in [2.45, 2.75) is 64.7 Å². The maximum Gasteiger partial charge on any atom is 0.325 e. The topological polar surface area (TPSA) is 216 Å². The molecule has 0 radical (unpaired) electrons. The third-order valence-electron chi connectivity index (χ3n) is 5.51. The molecule has 0 bridgehead atoms. The summed E-state index contributed by atoms with van der Waals surface area (Å²) in [6, 6.07) is 1.34. The van der Waals surface area contributed by atoms with E-state index in [0.717, 1.165) is 7.11 Å². The van der Waals surface area contributed by atoms with E-state index < -0.39 is 71.9 Å². The van der Waals surface area contributed by atoms with Crippen LogP contribution in [0.15, 0.2) is 24.3 Å². The second-order valence-corrected chi connectivity index (χ2v) is 9.07. The van der Waals surface area contributed by atoms with Crippen LogP contribution >= 0.6 is 0 Å². The van der Waals surface area contributed by atoms with Gasteiger partial charge in [0, 0.05) is 13.3 Å². The molecule has 0 saturated carbocycles. The Morgan fingerprint density at radius 2 is 1.54 bits per heavy atom. The van der Waals surface area contributed by atoms with Gasteiger partial charge < -0.3 is 36.6 Å². The van der Waals surface area contributed by atoms with Crippen LogP contribution in [0.3, 0.4) is 0 Å². The number of esters is 1. The van der Waals surface area contributed by atoms with Crippen LogP contribution in [0.2, 0.25) is 0 Å². The molecule has 4 atom stereocenters. The molecule has 39 heavy (non-hydrogen) atoms. The third-order valence-corrected chi connectivity index (χ3v) is 5.51. The smallest absolute Gasteiger partial charge is 0.325 e. The Morgan fingerprint density at radius 1 is 0.923 bits per heavy atom. The standard InChI is InChI=1S/C25H34N6O8/c1-13(2)22(31-24(37)19(29-15(4)32)10-16-6-8-17(33)9-7-16)25(38)28-14(3)23(36)30-18(11-21(35)39-5)20(34)12-27-26/h6-9,12-14,18-19,22,33H,10-11H2,1-5H3,(H,28,38)(H,29,32)(H,30,36)(H,31,37)/t14-,18?,19-,22-/m0/s1. The van der Waals surface area contributed by atoms with Gasteiger partial charge in [-0.15, -0.1) is 0 Å². The molecule has 1 aromatic carbocycles. The summed E-state index contributed by atoms with van der Waals surface area (Å²) in [6.45, 7) is 5.91. The van der Waals surface area contributed by atoms with Gasteiger partial charge in [0.25, 0.3) is 5.78 Å². The number of hydrogen-bond acceptors (Lipinski definition) is 8. The molecule has 0 aliphatic carbocycles. The van der Waals surface area contributed by atoms with E-state index in [2.05, 4.69) is 30.8 Å². The summed E-state index contributed by atoms with van der Waals surface area (Å²) in [5, 5.41) is 19.4. The fraction of sp³-hybridized carbons (Fsp3) is 0.480. The average molecular weight is 547 g/mol. The van der Waals surface area contributed by atoms with E-state index in [1.54, 1.807) is 26.0 Å². The number of rotatable bonds is 14. The Hall–Kier alpha value is -4.58. The number of nitrogens with one attached hydrogen (secondary N) is 4. The summed E-state index contributed by atoms with van der Waals surface area (Å²) >= 11 is 0. The quantitative estimate of drug-likeness (QED) is 0.0842. The minimum Gasteiger partial charge on any atom is -0.508 e. The van der Waals surface area contributed by atoms with Gasteiger partial charge in [-0.3, -0.25) is 28.8 Å². The number of phenols is 1. The fourth-order valence-electron chi connectivity index (χ4n) is 3.40. The number of benzene rings is 1. The van der Waals surface area contributed by atoms with Gasteiger partial charge in [0.2, 0.25) is 23.6 Å². The summed E-state index contributed by atoms with van der Waals surface area (Å²) < 4.78 is 4.50. The zero-order valence-corrected chi connectivity index (χ0v) is 22.4. The number of carbonyl (C=O) groups is 6. The van der Waals surface area contributed by atoms with Crippen LogP contribution < -0.4 is 21.3 Å². The number of carbonyl (C=O) groups excluding carboxylic acids is 6. The molecule has 14 nitrogen and oxygen atoms in total. The first-order valence-corrected chi connectivity index (χ1v) is 12.0. The molecular formula is C25H34N6O8. The van der Waals surface area contributed by atoms with Crippen molar-refractivity contribution in [3.05, 3.63) is 35.4 Å². The fourth-order valence-corrected chi connectivity index (χ4v) is 3.40. The second-order valence-electron chi connectivity index (χ2n) is 9.07. The molecule has 0 saturated heterocycles. The van der Waals surface area contributed by atoms with E-state index in [-0.39, 0.29) is 12.2 Å². The molecule has 5 N–H and O–H groups in total. The van der Waals surface area contributed by atoms with Crippen LogP contribution in [0.4, 0.5) is 0 Å². The molecule has 14 heteroatoms. The number of ether oxygens (including phenoxy) is 1. The minimum atomic E-state index is -1.40. The largest absolute Gasteiger partial charge is 0.508 e. The average Bonchev–Trinajstić information content (AvgIpc) is 2.86. The lowest BCUT2D eigenvalue weighted by Gasteiger charge is -2.26. The lowest BCUT2D eigenvalue weighted by atomic mass is 10.0. The zero-order valence-electron chi connectivity index (χ0n) is 22.4. The van der Waals surface area contributed by atoms with Gasteiger partial charge in [-0.05, 0) is 30.5 Å². The zero-order chi connectivity index (χ0) is 29.7. The number of ketones is 1. The molecule has 0 aromatic heterocycles. The Kier molecular flexibility index (Phi) is 13.0. The highest BCUT2D eigenvalue weighted by Gasteiger charge is 2.32. The lowest BCUT2D eigenvalue weighted by molar-refractivity contribution is -0.143. The molecule has 0 spiro atoms. The minimum absolute atomic E-state index is 0.0384. The van der Waals surface area contributed by atoms with Gasteiger partial charge in [-0.1, -0.05) is 26.0 Å². The molecule has 0 aliphatic heterocycles. The molecule has 1 unspecified atom stereocenters. The Labute approximate surface area is 225 Å². The van der Waals surface area contributed by atoms with Crippen LogP contribution in [0.25, 0.3) is 5.53 Å². The van der Waals surface area contributed by atoms with E-state index in [9.17, 15) is 33.9 Å². The first-order valence-electron chi connectivity index (χ1n) is 12.0. The molecule has 4 amide bonds. The normalized spacial score (nSPS) is 13.5. The Bertz CT molecular complexity index is 1110. The number of methoxy groups -OCH3 is 1. The van der Waals surface area contributed by atoms with Crippen molar-refractivity contribution in [2.75, 3.05) is 7.11 Å². The summed E-state index contributed by atoms with van der Waals surface area (Å²) in [6.07, 6.45) is 0.0683. The van der Waals surface area contributed by atoms with Crippen LogP contribution in [-0.2, 0) is 39.9 Å². The Morgan fingerprint density at radius 3 is 2.05 bits per heavy atom. The highest BCUT2D eigenvalue weighted by molar-refractivity contribution is 6.28. The van der Waals surface area contributed by atoms with Crippen molar-refractivity contribution in [3.8, 4) is 5.75 Å². The molecule has 1 rings (SSSR count). The SMILES string of the molecule is COC(=O)CC(NC(=O)[C@H](C)NC(=O)[C@@H](NC(=O)[C@H](Cc1ccc(O)cc1)NC(C)=O)C(C)C)C(=O)C=[N+]=[N-]. The molecule has 0 fully saturated rings. The van der Waals surface area contributed by atoms with Crippen molar-refractivity contribution in [3.63, 3.8) is 0 Å². The molecule has 0 aliphatic rings. The number of Topliss-reactive ketones (excluding diaryl/α,β-unsaturated/α-hetero) is 1. The van der Waals surface area contributed by atoms with E-state index in [1.807, 2.05) is 0 Å². The van der Waals surface area contributed by atoms with Gasteiger partial charge in [0.05, 0.1) is 13.5 Å². The van der Waals surface area contributed by atoms with Crippen molar-refractivity contribution in [1.82, 2.24) is 21.3 Å². The summed E-state index contributed by atoms with van der Waals surface area (Å²) in [5.41, 5.74) is 9.25. The van der Waals surface area contributed by atoms with Gasteiger partial charge in [0.1, 0.15) is 29.9 Å². The predicted molar refractivity (Wildman–Crippen MR) is 137 cm³/mol.